The monoisotopic (exact) mass is 190 g/mol. The van der Waals surface area contributed by atoms with Crippen LogP contribution in [0.2, 0.25) is 0 Å². The predicted molar refractivity (Wildman–Crippen MR) is 51.7 cm³/mol. The highest BCUT2D eigenvalue weighted by Crippen LogP contribution is 2.13. The summed E-state index contributed by atoms with van der Waals surface area (Å²) in [6.07, 6.45) is 1.12. The lowest BCUT2D eigenvalue weighted by molar-refractivity contribution is 0.0217. The third kappa shape index (κ3) is 1.52. The molecule has 1 aromatic carbocycles. The molecule has 4 heteroatoms. The van der Waals surface area contributed by atoms with E-state index in [1.54, 1.807) is 24.3 Å². The molecule has 0 saturated carbocycles. The molecule has 1 aliphatic rings. The lowest BCUT2D eigenvalue weighted by Gasteiger charge is -2.16. The van der Waals surface area contributed by atoms with Crippen molar-refractivity contribution in [3.8, 4) is 0 Å². The van der Waals surface area contributed by atoms with E-state index in [-0.39, 0.29) is 5.91 Å². The van der Waals surface area contributed by atoms with Crippen molar-refractivity contribution >= 4 is 12.1 Å². The van der Waals surface area contributed by atoms with Crippen LogP contribution in [-0.4, -0.2) is 28.5 Å². The number of hydrazone groups is 1. The average molecular weight is 190 g/mol. The second-order valence-corrected chi connectivity index (χ2v) is 3.03. The van der Waals surface area contributed by atoms with E-state index in [4.69, 9.17) is 0 Å². The number of aliphatic hydroxyl groups is 1. The van der Waals surface area contributed by atoms with Gasteiger partial charge in [0.25, 0.3) is 5.91 Å². The number of rotatable bonds is 1. The molecule has 14 heavy (non-hydrogen) atoms. The first-order chi connectivity index (χ1) is 6.79. The van der Waals surface area contributed by atoms with Crippen molar-refractivity contribution < 1.29 is 9.90 Å². The van der Waals surface area contributed by atoms with Gasteiger partial charge >= 0.3 is 0 Å². The van der Waals surface area contributed by atoms with Crippen LogP contribution < -0.4 is 0 Å². The summed E-state index contributed by atoms with van der Waals surface area (Å²) in [6.45, 7) is 0. The molecular weight excluding hydrogens is 180 g/mol. The lowest BCUT2D eigenvalue weighted by Crippen LogP contribution is -2.32. The Morgan fingerprint density at radius 2 is 2.14 bits per heavy atom. The number of carbonyl (C=O) groups excluding carboxylic acids is 1. The first kappa shape index (κ1) is 8.90. The topological polar surface area (TPSA) is 52.9 Å². The minimum atomic E-state index is -0.817. The van der Waals surface area contributed by atoms with Crippen molar-refractivity contribution in [3.63, 3.8) is 0 Å². The quantitative estimate of drug-likeness (QED) is 0.713. The van der Waals surface area contributed by atoms with Gasteiger partial charge in [0.1, 0.15) is 0 Å². The third-order valence-corrected chi connectivity index (χ3v) is 2.03. The summed E-state index contributed by atoms with van der Waals surface area (Å²) in [6, 6.07) is 8.78. The highest BCUT2D eigenvalue weighted by atomic mass is 16.3. The number of hydrogen-bond donors (Lipinski definition) is 1. The SMILES string of the molecule is O=C(c1ccccc1)N1N=CCC1O. The Labute approximate surface area is 81.5 Å². The van der Waals surface area contributed by atoms with Gasteiger partial charge in [0.05, 0.1) is 0 Å². The van der Waals surface area contributed by atoms with Gasteiger partial charge in [-0.2, -0.15) is 5.10 Å². The second kappa shape index (κ2) is 3.59. The molecule has 72 valence electrons. The molecule has 0 spiro atoms. The summed E-state index contributed by atoms with van der Waals surface area (Å²) in [5.41, 5.74) is 0.533. The number of carbonyl (C=O) groups is 1. The molecule has 0 fully saturated rings. The molecule has 0 saturated heterocycles. The van der Waals surface area contributed by atoms with E-state index in [1.165, 1.54) is 6.21 Å². The first-order valence-corrected chi connectivity index (χ1v) is 4.38. The lowest BCUT2D eigenvalue weighted by atomic mass is 10.2. The van der Waals surface area contributed by atoms with Crippen LogP contribution in [-0.2, 0) is 0 Å². The molecule has 1 unspecified atom stereocenters. The summed E-state index contributed by atoms with van der Waals surface area (Å²) in [5, 5.41) is 14.3. The van der Waals surface area contributed by atoms with Gasteiger partial charge in [-0.3, -0.25) is 4.79 Å². The van der Waals surface area contributed by atoms with Gasteiger partial charge in [-0.1, -0.05) is 18.2 Å². The normalized spacial score (nSPS) is 20.1. The van der Waals surface area contributed by atoms with Crippen LogP contribution in [0.25, 0.3) is 0 Å². The maximum Gasteiger partial charge on any atom is 0.276 e. The first-order valence-electron chi connectivity index (χ1n) is 4.38. The van der Waals surface area contributed by atoms with E-state index in [0.29, 0.717) is 12.0 Å². The van der Waals surface area contributed by atoms with Crippen molar-refractivity contribution in [2.75, 3.05) is 0 Å². The standard InChI is InChI=1S/C10H10N2O2/c13-9-6-7-11-12(9)10(14)8-4-2-1-3-5-8/h1-5,7,9,13H,6H2. The summed E-state index contributed by atoms with van der Waals surface area (Å²) < 4.78 is 0. The van der Waals surface area contributed by atoms with E-state index in [2.05, 4.69) is 5.10 Å². The van der Waals surface area contributed by atoms with Gasteiger partial charge in [-0.15, -0.1) is 0 Å². The fourth-order valence-corrected chi connectivity index (χ4v) is 1.31. The van der Waals surface area contributed by atoms with E-state index >= 15 is 0 Å². The number of benzene rings is 1. The van der Waals surface area contributed by atoms with Crippen molar-refractivity contribution in [2.45, 2.75) is 12.6 Å². The molecule has 0 radical (unpaired) electrons. The maximum absolute atomic E-state index is 11.7. The van der Waals surface area contributed by atoms with Gasteiger partial charge in [-0.25, -0.2) is 5.01 Å². The van der Waals surface area contributed by atoms with Gasteiger partial charge in [0.2, 0.25) is 0 Å². The summed E-state index contributed by atoms with van der Waals surface area (Å²) >= 11 is 0. The van der Waals surface area contributed by atoms with E-state index in [1.807, 2.05) is 6.07 Å². The molecule has 1 aromatic rings. The molecule has 1 heterocycles. The number of nitrogens with zero attached hydrogens (tertiary/aromatic N) is 2. The van der Waals surface area contributed by atoms with Crippen molar-refractivity contribution in [3.05, 3.63) is 35.9 Å². The molecule has 0 aliphatic carbocycles. The highest BCUT2D eigenvalue weighted by molar-refractivity contribution is 5.95. The maximum atomic E-state index is 11.7. The molecule has 1 amide bonds. The molecule has 1 N–H and O–H groups in total. The fourth-order valence-electron chi connectivity index (χ4n) is 1.31. The van der Waals surface area contributed by atoms with Crippen LogP contribution in [0.15, 0.2) is 35.4 Å². The Kier molecular flexibility index (Phi) is 2.28. The zero-order valence-corrected chi connectivity index (χ0v) is 7.50. The Morgan fingerprint density at radius 1 is 1.43 bits per heavy atom. The van der Waals surface area contributed by atoms with Crippen LogP contribution in [0.1, 0.15) is 16.8 Å². The molecule has 0 aromatic heterocycles. The van der Waals surface area contributed by atoms with Gasteiger partial charge < -0.3 is 5.11 Å². The number of aliphatic hydroxyl groups excluding tert-OH is 1. The fraction of sp³-hybridized carbons (Fsp3) is 0.200. The van der Waals surface area contributed by atoms with E-state index in [0.717, 1.165) is 5.01 Å². The minimum Gasteiger partial charge on any atom is -0.371 e. The molecule has 4 nitrogen and oxygen atoms in total. The van der Waals surface area contributed by atoms with Crippen LogP contribution in [0.4, 0.5) is 0 Å². The summed E-state index contributed by atoms with van der Waals surface area (Å²) in [7, 11) is 0. The minimum absolute atomic E-state index is 0.271. The van der Waals surface area contributed by atoms with E-state index < -0.39 is 6.23 Å². The Balaban J connectivity index is 2.20. The summed E-state index contributed by atoms with van der Waals surface area (Å²) in [5.74, 6) is -0.271. The van der Waals surface area contributed by atoms with Crippen LogP contribution in [0.3, 0.4) is 0 Å². The largest absolute Gasteiger partial charge is 0.371 e. The van der Waals surface area contributed by atoms with Crippen LogP contribution in [0.5, 0.6) is 0 Å². The zero-order chi connectivity index (χ0) is 9.97. The van der Waals surface area contributed by atoms with Gasteiger partial charge in [0, 0.05) is 18.2 Å². The van der Waals surface area contributed by atoms with Crippen molar-refractivity contribution in [1.29, 1.82) is 0 Å². The van der Waals surface area contributed by atoms with Crippen LogP contribution >= 0.6 is 0 Å². The van der Waals surface area contributed by atoms with Crippen molar-refractivity contribution in [1.82, 2.24) is 5.01 Å². The third-order valence-electron chi connectivity index (χ3n) is 2.03. The Bertz CT molecular complexity index is 362. The summed E-state index contributed by atoms with van der Waals surface area (Å²) in [4.78, 5) is 11.7. The molecular formula is C10H10N2O2. The van der Waals surface area contributed by atoms with Crippen LogP contribution in [0, 0.1) is 0 Å². The smallest absolute Gasteiger partial charge is 0.276 e. The Hall–Kier alpha value is -1.68. The van der Waals surface area contributed by atoms with Gasteiger partial charge in [0.15, 0.2) is 6.23 Å². The molecule has 2 rings (SSSR count). The molecule has 0 bridgehead atoms. The van der Waals surface area contributed by atoms with E-state index in [9.17, 15) is 9.90 Å². The number of hydrogen-bond acceptors (Lipinski definition) is 3. The molecule has 1 atom stereocenters. The molecule has 1 aliphatic heterocycles. The predicted octanol–water partition coefficient (Wildman–Crippen LogP) is 0.837. The second-order valence-electron chi connectivity index (χ2n) is 3.03. The van der Waals surface area contributed by atoms with Gasteiger partial charge in [-0.05, 0) is 12.1 Å². The average Bonchev–Trinajstić information content (AvgIpc) is 2.65. The Morgan fingerprint density at radius 3 is 2.71 bits per heavy atom. The number of amides is 1. The zero-order valence-electron chi connectivity index (χ0n) is 7.50. The highest BCUT2D eigenvalue weighted by Gasteiger charge is 2.25. The van der Waals surface area contributed by atoms with Crippen molar-refractivity contribution in [2.24, 2.45) is 5.10 Å².